The predicted molar refractivity (Wildman–Crippen MR) is 66.8 cm³/mol. The standard InChI is InChI=1S/C9H13IN4O/c10-7-8(12-4-13-9(7)15)14-6(3-11)5-1-2-5/h4-6H,1-3,11H2,(H2,12,13,14,15). The summed E-state index contributed by atoms with van der Waals surface area (Å²) in [6, 6.07) is 0.243. The van der Waals surface area contributed by atoms with Crippen LogP contribution in [0.15, 0.2) is 11.1 Å². The molecular weight excluding hydrogens is 307 g/mol. The molecule has 0 amide bonds. The fourth-order valence-electron chi connectivity index (χ4n) is 1.53. The summed E-state index contributed by atoms with van der Waals surface area (Å²) >= 11 is 1.99. The minimum absolute atomic E-state index is 0.111. The van der Waals surface area contributed by atoms with Crippen LogP contribution in [0.5, 0.6) is 0 Å². The van der Waals surface area contributed by atoms with Crippen molar-refractivity contribution < 1.29 is 0 Å². The number of hydrogen-bond donors (Lipinski definition) is 3. The van der Waals surface area contributed by atoms with E-state index in [9.17, 15) is 4.79 Å². The van der Waals surface area contributed by atoms with Crippen molar-refractivity contribution in [2.75, 3.05) is 11.9 Å². The van der Waals surface area contributed by atoms with Gasteiger partial charge < -0.3 is 16.0 Å². The van der Waals surface area contributed by atoms with Crippen LogP contribution in [-0.2, 0) is 0 Å². The Kier molecular flexibility index (Phi) is 3.25. The molecule has 82 valence electrons. The van der Waals surface area contributed by atoms with Gasteiger partial charge in [-0.15, -0.1) is 0 Å². The van der Waals surface area contributed by atoms with Gasteiger partial charge in [0.15, 0.2) is 0 Å². The van der Waals surface area contributed by atoms with Crippen LogP contribution in [0.1, 0.15) is 12.8 Å². The number of anilines is 1. The number of nitrogens with two attached hydrogens (primary N) is 1. The molecule has 0 bridgehead atoms. The number of H-pyrrole nitrogens is 1. The molecule has 0 radical (unpaired) electrons. The molecule has 1 fully saturated rings. The van der Waals surface area contributed by atoms with Crippen molar-refractivity contribution >= 4 is 28.4 Å². The maximum absolute atomic E-state index is 11.3. The molecule has 1 aromatic rings. The van der Waals surface area contributed by atoms with Crippen LogP contribution in [0.2, 0.25) is 0 Å². The van der Waals surface area contributed by atoms with Crippen LogP contribution < -0.4 is 16.6 Å². The third kappa shape index (κ3) is 2.49. The van der Waals surface area contributed by atoms with E-state index in [1.165, 1.54) is 19.2 Å². The van der Waals surface area contributed by atoms with Gasteiger partial charge in [-0.25, -0.2) is 4.98 Å². The Bertz CT molecular complexity index is 401. The Morgan fingerprint density at radius 2 is 2.47 bits per heavy atom. The topological polar surface area (TPSA) is 83.8 Å². The number of halogens is 1. The van der Waals surface area contributed by atoms with Crippen LogP contribution in [0.4, 0.5) is 5.82 Å². The molecule has 6 heteroatoms. The first-order chi connectivity index (χ1) is 7.22. The van der Waals surface area contributed by atoms with Crippen LogP contribution in [-0.4, -0.2) is 22.6 Å². The van der Waals surface area contributed by atoms with Gasteiger partial charge in [-0.3, -0.25) is 4.79 Å². The van der Waals surface area contributed by atoms with Gasteiger partial charge in [-0.1, -0.05) is 0 Å². The molecule has 2 rings (SSSR count). The minimum Gasteiger partial charge on any atom is -0.365 e. The lowest BCUT2D eigenvalue weighted by molar-refractivity contribution is 0.641. The zero-order chi connectivity index (χ0) is 10.8. The van der Waals surface area contributed by atoms with Crippen molar-refractivity contribution in [3.8, 4) is 0 Å². The molecular formula is C9H13IN4O. The summed E-state index contributed by atoms with van der Waals surface area (Å²) in [5.41, 5.74) is 5.56. The Hall–Kier alpha value is -0.630. The average molecular weight is 320 g/mol. The highest BCUT2D eigenvalue weighted by atomic mass is 127. The van der Waals surface area contributed by atoms with E-state index < -0.39 is 0 Å². The van der Waals surface area contributed by atoms with Crippen molar-refractivity contribution in [3.05, 3.63) is 20.3 Å². The van der Waals surface area contributed by atoms with Crippen molar-refractivity contribution in [1.29, 1.82) is 0 Å². The van der Waals surface area contributed by atoms with Crippen LogP contribution >= 0.6 is 22.6 Å². The third-order valence-corrected chi connectivity index (χ3v) is 3.56. The Labute approximate surface area is 101 Å². The van der Waals surface area contributed by atoms with E-state index in [1.807, 2.05) is 22.6 Å². The summed E-state index contributed by atoms with van der Waals surface area (Å²) in [7, 11) is 0. The molecule has 1 atom stereocenters. The largest absolute Gasteiger partial charge is 0.365 e. The van der Waals surface area contributed by atoms with E-state index in [0.29, 0.717) is 21.9 Å². The fourth-order valence-corrected chi connectivity index (χ4v) is 1.98. The number of rotatable bonds is 4. The number of hydrogen-bond acceptors (Lipinski definition) is 4. The second-order valence-corrected chi connectivity index (χ2v) is 4.80. The molecule has 4 N–H and O–H groups in total. The molecule has 1 aliphatic carbocycles. The molecule has 5 nitrogen and oxygen atoms in total. The predicted octanol–water partition coefficient (Wildman–Crippen LogP) is 0.524. The Balaban J connectivity index is 2.15. The number of nitrogens with one attached hydrogen (secondary N) is 2. The van der Waals surface area contributed by atoms with Crippen LogP contribution in [0.25, 0.3) is 0 Å². The average Bonchev–Trinajstić information content (AvgIpc) is 3.04. The van der Waals surface area contributed by atoms with Crippen molar-refractivity contribution in [2.45, 2.75) is 18.9 Å². The van der Waals surface area contributed by atoms with Gasteiger partial charge in [0.2, 0.25) is 0 Å². The Morgan fingerprint density at radius 3 is 3.07 bits per heavy atom. The van der Waals surface area contributed by atoms with E-state index in [0.717, 1.165) is 0 Å². The highest BCUT2D eigenvalue weighted by Crippen LogP contribution is 2.33. The first-order valence-electron chi connectivity index (χ1n) is 4.92. The van der Waals surface area contributed by atoms with Crippen molar-refractivity contribution in [3.63, 3.8) is 0 Å². The molecule has 0 saturated heterocycles. The van der Waals surface area contributed by atoms with Gasteiger partial charge in [-0.05, 0) is 41.4 Å². The van der Waals surface area contributed by atoms with Gasteiger partial charge in [0.1, 0.15) is 9.39 Å². The normalized spacial score (nSPS) is 17.5. The highest BCUT2D eigenvalue weighted by Gasteiger charge is 2.30. The third-order valence-electron chi connectivity index (χ3n) is 2.56. The summed E-state index contributed by atoms with van der Waals surface area (Å²) in [6.07, 6.45) is 3.84. The fraction of sp³-hybridized carbons (Fsp3) is 0.556. The molecule has 1 aliphatic rings. The second-order valence-electron chi connectivity index (χ2n) is 3.72. The van der Waals surface area contributed by atoms with Gasteiger partial charge in [-0.2, -0.15) is 0 Å². The first kappa shape index (κ1) is 10.9. The van der Waals surface area contributed by atoms with Gasteiger partial charge in [0.25, 0.3) is 5.56 Å². The molecule has 0 aliphatic heterocycles. The number of aromatic nitrogens is 2. The van der Waals surface area contributed by atoms with E-state index in [2.05, 4.69) is 15.3 Å². The summed E-state index contributed by atoms with van der Waals surface area (Å²) in [4.78, 5) is 18.0. The van der Waals surface area contributed by atoms with Crippen LogP contribution in [0.3, 0.4) is 0 Å². The summed E-state index contributed by atoms with van der Waals surface area (Å²) in [6.45, 7) is 0.579. The second kappa shape index (κ2) is 4.48. The lowest BCUT2D eigenvalue weighted by Crippen LogP contribution is -2.32. The lowest BCUT2D eigenvalue weighted by atomic mass is 10.2. The minimum atomic E-state index is -0.111. The summed E-state index contributed by atoms with van der Waals surface area (Å²) in [5.74, 6) is 1.29. The smallest absolute Gasteiger partial charge is 0.266 e. The molecule has 0 aromatic carbocycles. The Morgan fingerprint density at radius 1 is 1.73 bits per heavy atom. The number of aromatic amines is 1. The highest BCUT2D eigenvalue weighted by molar-refractivity contribution is 14.1. The van der Waals surface area contributed by atoms with E-state index >= 15 is 0 Å². The summed E-state index contributed by atoms with van der Waals surface area (Å²) < 4.78 is 0.592. The van der Waals surface area contributed by atoms with E-state index in [1.54, 1.807) is 0 Å². The first-order valence-corrected chi connectivity index (χ1v) is 6.00. The monoisotopic (exact) mass is 320 g/mol. The van der Waals surface area contributed by atoms with Crippen molar-refractivity contribution in [1.82, 2.24) is 9.97 Å². The summed E-state index contributed by atoms with van der Waals surface area (Å²) in [5, 5.41) is 3.24. The number of nitrogens with zero attached hydrogens (tertiary/aromatic N) is 1. The SMILES string of the molecule is NCC(Nc1nc[nH]c(=O)c1I)C1CC1. The van der Waals surface area contributed by atoms with E-state index in [4.69, 9.17) is 5.73 Å². The molecule has 1 aromatic heterocycles. The maximum Gasteiger partial charge on any atom is 0.266 e. The molecule has 1 unspecified atom stereocenters. The van der Waals surface area contributed by atoms with Gasteiger partial charge >= 0.3 is 0 Å². The maximum atomic E-state index is 11.3. The molecule has 0 spiro atoms. The van der Waals surface area contributed by atoms with E-state index in [-0.39, 0.29) is 11.6 Å². The molecule has 1 heterocycles. The molecule has 15 heavy (non-hydrogen) atoms. The zero-order valence-corrected chi connectivity index (χ0v) is 10.3. The zero-order valence-electron chi connectivity index (χ0n) is 8.16. The molecule has 1 saturated carbocycles. The quantitative estimate of drug-likeness (QED) is 0.707. The van der Waals surface area contributed by atoms with Crippen LogP contribution in [0, 0.1) is 9.49 Å². The van der Waals surface area contributed by atoms with Gasteiger partial charge in [0.05, 0.1) is 6.33 Å². The lowest BCUT2D eigenvalue weighted by Gasteiger charge is -2.16. The van der Waals surface area contributed by atoms with Crippen molar-refractivity contribution in [2.24, 2.45) is 11.7 Å². The van der Waals surface area contributed by atoms with Gasteiger partial charge in [0, 0.05) is 12.6 Å².